The maximum absolute atomic E-state index is 12.1. The van der Waals surface area contributed by atoms with Crippen LogP contribution in [0.25, 0.3) is 10.9 Å². The van der Waals surface area contributed by atoms with Gasteiger partial charge in [0.15, 0.2) is 0 Å². The number of hydrogen-bond donors (Lipinski definition) is 4. The predicted octanol–water partition coefficient (Wildman–Crippen LogP) is 2.71. The minimum Gasteiger partial charge on any atom is -0.465 e. The van der Waals surface area contributed by atoms with Crippen molar-refractivity contribution < 1.29 is 19.1 Å². The van der Waals surface area contributed by atoms with Gasteiger partial charge < -0.3 is 25.7 Å². The number of carbonyl (C=O) groups is 3. The van der Waals surface area contributed by atoms with Gasteiger partial charge in [-0.2, -0.15) is 0 Å². The van der Waals surface area contributed by atoms with Gasteiger partial charge in [-0.15, -0.1) is 0 Å². The van der Waals surface area contributed by atoms with E-state index in [1.807, 2.05) is 6.07 Å². The van der Waals surface area contributed by atoms with Crippen LogP contribution < -0.4 is 16.0 Å². The van der Waals surface area contributed by atoms with Gasteiger partial charge >= 0.3 is 12.0 Å². The van der Waals surface area contributed by atoms with Gasteiger partial charge in [-0.3, -0.25) is 4.79 Å². The van der Waals surface area contributed by atoms with Crippen molar-refractivity contribution in [2.45, 2.75) is 0 Å². The zero-order valence-electron chi connectivity index (χ0n) is 14.5. The Morgan fingerprint density at radius 2 is 1.78 bits per heavy atom. The number of H-pyrrole nitrogens is 1. The summed E-state index contributed by atoms with van der Waals surface area (Å²) in [7, 11) is 1.30. The van der Waals surface area contributed by atoms with E-state index in [4.69, 9.17) is 4.74 Å². The van der Waals surface area contributed by atoms with Crippen LogP contribution in [-0.4, -0.2) is 36.5 Å². The number of carbonyl (C=O) groups excluding carboxylic acids is 3. The van der Waals surface area contributed by atoms with Gasteiger partial charge in [0.1, 0.15) is 0 Å². The summed E-state index contributed by atoms with van der Waals surface area (Å²) in [6.45, 7) is -0.201. The molecule has 1 aromatic heterocycles. The number of para-hydroxylation sites is 1. The molecule has 3 amide bonds. The number of nitrogens with one attached hydrogen (secondary N) is 4. The lowest BCUT2D eigenvalue weighted by molar-refractivity contribution is -0.115. The molecule has 1 heterocycles. The average Bonchev–Trinajstić information content (AvgIpc) is 3.10. The summed E-state index contributed by atoms with van der Waals surface area (Å²) in [6, 6.07) is 13.5. The molecule has 0 fully saturated rings. The topological polar surface area (TPSA) is 112 Å². The first kappa shape index (κ1) is 18.0. The third kappa shape index (κ3) is 4.43. The summed E-state index contributed by atoms with van der Waals surface area (Å²) < 4.78 is 4.74. The van der Waals surface area contributed by atoms with Crippen LogP contribution in [0, 0.1) is 0 Å². The van der Waals surface area contributed by atoms with Crippen molar-refractivity contribution in [2.24, 2.45) is 0 Å². The van der Waals surface area contributed by atoms with Crippen LogP contribution in [0.1, 0.15) is 10.4 Å². The first-order chi connectivity index (χ1) is 13.1. The molecule has 0 atom stereocenters. The van der Waals surface area contributed by atoms with Crippen molar-refractivity contribution >= 4 is 40.2 Å². The van der Waals surface area contributed by atoms with E-state index in [0.29, 0.717) is 22.3 Å². The van der Waals surface area contributed by atoms with Gasteiger partial charge in [0.05, 0.1) is 19.2 Å². The van der Waals surface area contributed by atoms with E-state index in [9.17, 15) is 14.4 Å². The number of hydrogen-bond acceptors (Lipinski definition) is 4. The summed E-state index contributed by atoms with van der Waals surface area (Å²) in [5.74, 6) is -0.864. The van der Waals surface area contributed by atoms with E-state index in [2.05, 4.69) is 20.9 Å². The van der Waals surface area contributed by atoms with Gasteiger partial charge in [0.2, 0.25) is 5.91 Å². The highest BCUT2D eigenvalue weighted by molar-refractivity contribution is 6.06. The van der Waals surface area contributed by atoms with Crippen molar-refractivity contribution in [3.8, 4) is 0 Å². The second-order valence-electron chi connectivity index (χ2n) is 5.68. The van der Waals surface area contributed by atoms with E-state index >= 15 is 0 Å². The zero-order chi connectivity index (χ0) is 19.2. The smallest absolute Gasteiger partial charge is 0.340 e. The molecule has 4 N–H and O–H groups in total. The molecule has 0 aliphatic heterocycles. The number of ether oxygens (including phenoxy) is 1. The highest BCUT2D eigenvalue weighted by Gasteiger charge is 2.13. The Hall–Kier alpha value is -3.81. The average molecular weight is 366 g/mol. The van der Waals surface area contributed by atoms with E-state index in [1.165, 1.54) is 7.11 Å². The third-order valence-electron chi connectivity index (χ3n) is 3.81. The Morgan fingerprint density at radius 1 is 1.00 bits per heavy atom. The quantitative estimate of drug-likeness (QED) is 0.520. The molecule has 0 saturated carbocycles. The second-order valence-corrected chi connectivity index (χ2v) is 5.68. The summed E-state index contributed by atoms with van der Waals surface area (Å²) in [5.41, 5.74) is 2.25. The largest absolute Gasteiger partial charge is 0.465 e. The molecule has 0 aliphatic carbocycles. The summed E-state index contributed by atoms with van der Waals surface area (Å²) in [5, 5.41) is 8.42. The lowest BCUT2D eigenvalue weighted by Gasteiger charge is -2.09. The third-order valence-corrected chi connectivity index (χ3v) is 3.81. The highest BCUT2D eigenvalue weighted by atomic mass is 16.5. The first-order valence-electron chi connectivity index (χ1n) is 8.16. The molecule has 8 heteroatoms. The molecule has 0 aliphatic rings. The van der Waals surface area contributed by atoms with Crippen LogP contribution in [0.4, 0.5) is 16.2 Å². The molecule has 0 bridgehead atoms. The Balaban J connectivity index is 1.59. The molecule has 0 spiro atoms. The maximum Gasteiger partial charge on any atom is 0.340 e. The summed E-state index contributed by atoms with van der Waals surface area (Å²) in [6.07, 6.45) is 1.55. The Bertz CT molecular complexity index is 982. The molecule has 0 unspecified atom stereocenters. The number of esters is 1. The lowest BCUT2D eigenvalue weighted by Crippen LogP contribution is -2.35. The fourth-order valence-electron chi connectivity index (χ4n) is 2.54. The van der Waals surface area contributed by atoms with Gasteiger partial charge in [-0.25, -0.2) is 9.59 Å². The highest BCUT2D eigenvalue weighted by Crippen LogP contribution is 2.23. The molecular formula is C19H18N4O4. The maximum atomic E-state index is 12.1. The lowest BCUT2D eigenvalue weighted by atomic mass is 10.1. The SMILES string of the molecule is COC(=O)c1c[nH]c2ccc(NC(=O)CNC(=O)Nc3ccccc3)cc12. The van der Waals surface area contributed by atoms with Crippen LogP contribution in [0.3, 0.4) is 0 Å². The number of rotatable bonds is 5. The molecule has 8 nitrogen and oxygen atoms in total. The van der Waals surface area contributed by atoms with E-state index in [0.717, 1.165) is 5.52 Å². The molecule has 0 saturated heterocycles. The number of aromatic amines is 1. The molecule has 3 aromatic rings. The van der Waals surface area contributed by atoms with Crippen LogP contribution in [0.2, 0.25) is 0 Å². The summed E-state index contributed by atoms with van der Waals surface area (Å²) in [4.78, 5) is 38.6. The monoisotopic (exact) mass is 366 g/mol. The van der Waals surface area contributed by atoms with Crippen molar-refractivity contribution in [1.29, 1.82) is 0 Å². The number of fused-ring (bicyclic) bond motifs is 1. The van der Waals surface area contributed by atoms with Crippen molar-refractivity contribution in [1.82, 2.24) is 10.3 Å². The molecular weight excluding hydrogens is 348 g/mol. The molecule has 0 radical (unpaired) electrons. The van der Waals surface area contributed by atoms with Crippen LogP contribution in [0.5, 0.6) is 0 Å². The zero-order valence-corrected chi connectivity index (χ0v) is 14.5. The van der Waals surface area contributed by atoms with Gasteiger partial charge in [0.25, 0.3) is 0 Å². The molecule has 27 heavy (non-hydrogen) atoms. The number of benzene rings is 2. The minimum absolute atomic E-state index is 0.201. The number of amides is 3. The predicted molar refractivity (Wildman–Crippen MR) is 102 cm³/mol. The number of aromatic nitrogens is 1. The van der Waals surface area contributed by atoms with E-state index < -0.39 is 17.9 Å². The van der Waals surface area contributed by atoms with Crippen LogP contribution in [-0.2, 0) is 9.53 Å². The van der Waals surface area contributed by atoms with E-state index in [-0.39, 0.29) is 6.54 Å². The Kier molecular flexibility index (Phi) is 5.36. The molecule has 138 valence electrons. The van der Waals surface area contributed by atoms with Crippen molar-refractivity contribution in [2.75, 3.05) is 24.3 Å². The van der Waals surface area contributed by atoms with E-state index in [1.54, 1.807) is 48.7 Å². The van der Waals surface area contributed by atoms with Crippen LogP contribution in [0.15, 0.2) is 54.7 Å². The summed E-state index contributed by atoms with van der Waals surface area (Å²) >= 11 is 0. The van der Waals surface area contributed by atoms with Gasteiger partial charge in [0, 0.05) is 28.5 Å². The minimum atomic E-state index is -0.481. The number of methoxy groups -OCH3 is 1. The first-order valence-corrected chi connectivity index (χ1v) is 8.16. The number of anilines is 2. The van der Waals surface area contributed by atoms with Gasteiger partial charge in [-0.1, -0.05) is 18.2 Å². The fourth-order valence-corrected chi connectivity index (χ4v) is 2.54. The van der Waals surface area contributed by atoms with Crippen molar-refractivity contribution in [3.63, 3.8) is 0 Å². The molecule has 2 aromatic carbocycles. The standard InChI is InChI=1S/C19H18N4O4/c1-27-18(25)15-10-20-16-8-7-13(9-14(15)16)22-17(24)11-21-19(26)23-12-5-3-2-4-6-12/h2-10,20H,11H2,1H3,(H,22,24)(H2,21,23,26). The fraction of sp³-hybridized carbons (Fsp3) is 0.105. The Labute approximate surface area is 154 Å². The Morgan fingerprint density at radius 3 is 2.52 bits per heavy atom. The normalized spacial score (nSPS) is 10.3. The van der Waals surface area contributed by atoms with Crippen LogP contribution >= 0.6 is 0 Å². The second kappa shape index (κ2) is 8.05. The van der Waals surface area contributed by atoms with Crippen molar-refractivity contribution in [3.05, 3.63) is 60.3 Å². The molecule has 3 rings (SSSR count). The van der Waals surface area contributed by atoms with Gasteiger partial charge in [-0.05, 0) is 30.3 Å². The number of urea groups is 1.